The minimum Gasteiger partial charge on any atom is -0.465 e. The second kappa shape index (κ2) is 14.6. The number of nitrogens with one attached hydrogen (secondary N) is 1. The molecule has 1 aliphatic heterocycles. The van der Waals surface area contributed by atoms with Gasteiger partial charge in [-0.2, -0.15) is 13.2 Å². The summed E-state index contributed by atoms with van der Waals surface area (Å²) in [4.78, 5) is 54.8. The van der Waals surface area contributed by atoms with Crippen molar-refractivity contribution < 1.29 is 41.8 Å². The lowest BCUT2D eigenvalue weighted by atomic mass is 9.96. The molecule has 1 fully saturated rings. The van der Waals surface area contributed by atoms with Crippen molar-refractivity contribution in [3.63, 3.8) is 0 Å². The van der Waals surface area contributed by atoms with Gasteiger partial charge in [0.1, 0.15) is 5.75 Å². The summed E-state index contributed by atoms with van der Waals surface area (Å²) in [5.74, 6) is -1.75. The predicted molar refractivity (Wildman–Crippen MR) is 178 cm³/mol. The average Bonchev–Trinajstić information content (AvgIpc) is 3.11. The molecular formula is C37H34F3N3O6. The lowest BCUT2D eigenvalue weighted by molar-refractivity contribution is -0.139. The molecule has 4 aromatic rings. The molecule has 1 N–H and O–H groups in total. The van der Waals surface area contributed by atoms with Crippen LogP contribution in [0.3, 0.4) is 0 Å². The van der Waals surface area contributed by atoms with Crippen LogP contribution in [-0.4, -0.2) is 62.9 Å². The number of anilines is 2. The lowest BCUT2D eigenvalue weighted by Gasteiger charge is -2.33. The Labute approximate surface area is 281 Å². The summed E-state index contributed by atoms with van der Waals surface area (Å²) in [7, 11) is 4.48. The molecular weight excluding hydrogens is 639 g/mol. The zero-order chi connectivity index (χ0) is 35.3. The molecule has 0 spiro atoms. The van der Waals surface area contributed by atoms with Crippen LogP contribution in [0.25, 0.3) is 11.1 Å². The summed E-state index contributed by atoms with van der Waals surface area (Å²) in [5, 5.41) is 2.82. The van der Waals surface area contributed by atoms with Gasteiger partial charge in [-0.15, -0.1) is 0 Å². The molecule has 0 atom stereocenters. The molecule has 1 saturated heterocycles. The number of halogens is 3. The van der Waals surface area contributed by atoms with Gasteiger partial charge in [0.25, 0.3) is 11.8 Å². The topological polar surface area (TPSA) is 105 Å². The molecule has 49 heavy (non-hydrogen) atoms. The molecule has 5 rings (SSSR count). The second-order valence-corrected chi connectivity index (χ2v) is 11.7. The van der Waals surface area contributed by atoms with Crippen molar-refractivity contribution >= 4 is 35.1 Å². The number of carbonyl (C=O) groups excluding carboxylic acids is 4. The van der Waals surface area contributed by atoms with E-state index in [2.05, 4.69) is 10.1 Å². The molecule has 0 aromatic heterocycles. The van der Waals surface area contributed by atoms with Crippen LogP contribution >= 0.6 is 0 Å². The number of amides is 2. The maximum Gasteiger partial charge on any atom is 0.416 e. The van der Waals surface area contributed by atoms with E-state index in [1.165, 1.54) is 48.4 Å². The fourth-order valence-electron chi connectivity index (χ4n) is 5.57. The molecule has 0 aliphatic carbocycles. The van der Waals surface area contributed by atoms with E-state index in [0.717, 1.165) is 17.8 Å². The number of alkyl halides is 3. The first-order valence-electron chi connectivity index (χ1n) is 15.4. The number of rotatable bonds is 8. The largest absolute Gasteiger partial charge is 0.465 e. The van der Waals surface area contributed by atoms with Crippen molar-refractivity contribution in [2.24, 2.45) is 5.92 Å². The van der Waals surface area contributed by atoms with Crippen molar-refractivity contribution in [2.75, 3.05) is 44.5 Å². The molecule has 1 aliphatic rings. The van der Waals surface area contributed by atoms with Crippen molar-refractivity contribution in [3.8, 4) is 16.9 Å². The van der Waals surface area contributed by atoms with E-state index in [4.69, 9.17) is 4.74 Å². The zero-order valence-corrected chi connectivity index (χ0v) is 27.0. The monoisotopic (exact) mass is 673 g/mol. The Bertz CT molecular complexity index is 1850. The van der Waals surface area contributed by atoms with Gasteiger partial charge >= 0.3 is 18.1 Å². The molecule has 0 bridgehead atoms. The Kier molecular flexibility index (Phi) is 10.4. The average molecular weight is 674 g/mol. The van der Waals surface area contributed by atoms with E-state index in [1.807, 2.05) is 4.90 Å². The van der Waals surface area contributed by atoms with E-state index in [-0.39, 0.29) is 34.6 Å². The normalized spacial score (nSPS) is 13.4. The Morgan fingerprint density at radius 3 is 2.10 bits per heavy atom. The highest BCUT2D eigenvalue weighted by Crippen LogP contribution is 2.33. The smallest absolute Gasteiger partial charge is 0.416 e. The lowest BCUT2D eigenvalue weighted by Crippen LogP contribution is -2.37. The standard InChI is InChI=1S/C37H34F3N3O6/c1-42(2)34(45)31-22-27(43-20-18-25(19-21-43)36(47)49-28-15-10-24(11-16-28)35(46)48-3)14-17-32(31)41-33(44)30-7-5-4-6-29(30)23-8-12-26(13-9-23)37(38,39)40/h4-17,22,25H,18-21H2,1-3H3,(H,41,44). The Morgan fingerprint density at radius 2 is 1.49 bits per heavy atom. The van der Waals surface area contributed by atoms with Crippen LogP contribution in [0.15, 0.2) is 91.0 Å². The Hall–Kier alpha value is -5.65. The quantitative estimate of drug-likeness (QED) is 0.160. The molecule has 4 aromatic carbocycles. The van der Waals surface area contributed by atoms with Crippen molar-refractivity contribution in [3.05, 3.63) is 113 Å². The van der Waals surface area contributed by atoms with Crippen molar-refractivity contribution in [1.29, 1.82) is 0 Å². The number of methoxy groups -OCH3 is 1. The second-order valence-electron chi connectivity index (χ2n) is 11.7. The van der Waals surface area contributed by atoms with Gasteiger partial charge in [-0.25, -0.2) is 4.79 Å². The minimum absolute atomic E-state index is 0.225. The molecule has 0 unspecified atom stereocenters. The van der Waals surface area contributed by atoms with Gasteiger partial charge in [0.2, 0.25) is 0 Å². The maximum atomic E-state index is 13.6. The summed E-state index contributed by atoms with van der Waals surface area (Å²) in [6.07, 6.45) is -3.47. The zero-order valence-electron chi connectivity index (χ0n) is 27.0. The van der Waals surface area contributed by atoms with Gasteiger partial charge in [0.15, 0.2) is 0 Å². The van der Waals surface area contributed by atoms with Crippen molar-refractivity contribution in [1.82, 2.24) is 4.90 Å². The molecule has 254 valence electrons. The van der Waals surface area contributed by atoms with Crippen molar-refractivity contribution in [2.45, 2.75) is 19.0 Å². The summed E-state index contributed by atoms with van der Waals surface area (Å²) < 4.78 is 49.6. The molecule has 0 saturated carbocycles. The van der Waals surface area contributed by atoms with Gasteiger partial charge in [0.05, 0.1) is 35.4 Å². The number of benzene rings is 4. The fourth-order valence-corrected chi connectivity index (χ4v) is 5.57. The van der Waals surface area contributed by atoms with Gasteiger partial charge in [-0.3, -0.25) is 14.4 Å². The molecule has 9 nitrogen and oxygen atoms in total. The number of carbonyl (C=O) groups is 4. The first kappa shape index (κ1) is 34.7. The molecule has 0 radical (unpaired) electrons. The van der Waals surface area contributed by atoms with Crippen LogP contribution < -0.4 is 15.0 Å². The van der Waals surface area contributed by atoms with Crippen LogP contribution in [0, 0.1) is 5.92 Å². The number of hydrogen-bond donors (Lipinski definition) is 1. The maximum absolute atomic E-state index is 13.6. The predicted octanol–water partition coefficient (Wildman–Crippen LogP) is 6.94. The summed E-state index contributed by atoms with van der Waals surface area (Å²) in [5.41, 5.74) is 1.90. The van der Waals surface area contributed by atoms with Crippen LogP contribution in [0.4, 0.5) is 24.5 Å². The molecule has 1 heterocycles. The van der Waals surface area contributed by atoms with Gasteiger partial charge < -0.3 is 24.6 Å². The van der Waals surface area contributed by atoms with E-state index >= 15 is 0 Å². The first-order valence-corrected chi connectivity index (χ1v) is 15.4. The summed E-state index contributed by atoms with van der Waals surface area (Å²) in [6, 6.07) is 22.4. The van der Waals surface area contributed by atoms with Crippen LogP contribution in [0.5, 0.6) is 5.75 Å². The SMILES string of the molecule is COC(=O)c1ccc(OC(=O)C2CCN(c3ccc(NC(=O)c4ccccc4-c4ccc(C(F)(F)F)cc4)c(C(=O)N(C)C)c3)CC2)cc1. The molecule has 2 amide bonds. The third-order valence-electron chi connectivity index (χ3n) is 8.27. The first-order chi connectivity index (χ1) is 23.3. The summed E-state index contributed by atoms with van der Waals surface area (Å²) >= 11 is 0. The summed E-state index contributed by atoms with van der Waals surface area (Å²) in [6.45, 7) is 1.03. The van der Waals surface area contributed by atoms with Crippen LogP contribution in [0.2, 0.25) is 0 Å². The third kappa shape index (κ3) is 8.08. The van der Waals surface area contributed by atoms with E-state index in [9.17, 15) is 32.3 Å². The Balaban J connectivity index is 1.29. The molecule has 12 heteroatoms. The number of piperidine rings is 1. The fraction of sp³-hybridized carbons (Fsp3) is 0.243. The highest BCUT2D eigenvalue weighted by atomic mass is 19.4. The van der Waals surface area contributed by atoms with Crippen LogP contribution in [-0.2, 0) is 15.7 Å². The third-order valence-corrected chi connectivity index (χ3v) is 8.27. The van der Waals surface area contributed by atoms with Crippen LogP contribution in [0.1, 0.15) is 49.5 Å². The number of hydrogen-bond acceptors (Lipinski definition) is 7. The minimum atomic E-state index is -4.49. The van der Waals surface area contributed by atoms with Gasteiger partial charge in [-0.1, -0.05) is 30.3 Å². The van der Waals surface area contributed by atoms with E-state index < -0.39 is 23.6 Å². The van der Waals surface area contributed by atoms with Gasteiger partial charge in [0, 0.05) is 38.4 Å². The number of nitrogens with zero attached hydrogens (tertiary/aromatic N) is 2. The number of esters is 2. The highest BCUT2D eigenvalue weighted by molar-refractivity contribution is 6.12. The number of ether oxygens (including phenoxy) is 2. The van der Waals surface area contributed by atoms with E-state index in [1.54, 1.807) is 56.6 Å². The van der Waals surface area contributed by atoms with Gasteiger partial charge in [-0.05, 0) is 84.6 Å². The Morgan fingerprint density at radius 1 is 0.837 bits per heavy atom. The van der Waals surface area contributed by atoms with E-state index in [0.29, 0.717) is 48.4 Å². The highest BCUT2D eigenvalue weighted by Gasteiger charge is 2.31.